The topological polar surface area (TPSA) is 44.4 Å². The second-order valence-corrected chi connectivity index (χ2v) is 5.58. The number of carbonyl (C=O) groups excluding carboxylic acids is 1. The summed E-state index contributed by atoms with van der Waals surface area (Å²) >= 11 is 1.64. The molecule has 4 nitrogen and oxygen atoms in total. The summed E-state index contributed by atoms with van der Waals surface area (Å²) in [5, 5.41) is 8.33. The molecule has 0 radical (unpaired) electrons. The summed E-state index contributed by atoms with van der Waals surface area (Å²) in [5.41, 5.74) is 0. The maximum Gasteiger partial charge on any atom is 0.225 e. The Hall–Kier alpha value is -0.620. The van der Waals surface area contributed by atoms with E-state index in [2.05, 4.69) is 15.5 Å². The van der Waals surface area contributed by atoms with Crippen molar-refractivity contribution in [2.45, 2.75) is 12.8 Å². The van der Waals surface area contributed by atoms with Crippen LogP contribution in [-0.2, 0) is 11.2 Å². The standard InChI is InChI=1S/C13H21N3OS.ClH/c17-13(11-12-3-1-10-18-12)15-4-2-7-16-8-5-14-6-9-16;/h1,3,10,14H,2,4-9,11H2,(H,15,17);1H. The Morgan fingerprint density at radius 2 is 2.21 bits per heavy atom. The Bertz CT molecular complexity index is 353. The first-order valence-electron chi connectivity index (χ1n) is 6.57. The molecule has 0 atom stereocenters. The molecule has 2 rings (SSSR count). The van der Waals surface area contributed by atoms with Gasteiger partial charge in [-0.1, -0.05) is 6.07 Å². The van der Waals surface area contributed by atoms with Crippen molar-refractivity contribution in [1.82, 2.24) is 15.5 Å². The normalized spacial score (nSPS) is 15.8. The van der Waals surface area contributed by atoms with Crippen LogP contribution in [0.1, 0.15) is 11.3 Å². The summed E-state index contributed by atoms with van der Waals surface area (Å²) in [7, 11) is 0. The summed E-state index contributed by atoms with van der Waals surface area (Å²) in [6.45, 7) is 6.30. The molecule has 19 heavy (non-hydrogen) atoms. The van der Waals surface area contributed by atoms with E-state index in [0.717, 1.165) is 50.6 Å². The number of thiophene rings is 1. The summed E-state index contributed by atoms with van der Waals surface area (Å²) in [5.74, 6) is 0.137. The van der Waals surface area contributed by atoms with Crippen LogP contribution in [0.5, 0.6) is 0 Å². The van der Waals surface area contributed by atoms with E-state index >= 15 is 0 Å². The molecule has 1 saturated heterocycles. The van der Waals surface area contributed by atoms with Crippen LogP contribution in [0, 0.1) is 0 Å². The van der Waals surface area contributed by atoms with Crippen molar-refractivity contribution in [3.63, 3.8) is 0 Å². The minimum absolute atomic E-state index is 0. The summed E-state index contributed by atoms with van der Waals surface area (Å²) in [6.07, 6.45) is 1.56. The summed E-state index contributed by atoms with van der Waals surface area (Å²) in [6, 6.07) is 3.99. The highest BCUT2D eigenvalue weighted by molar-refractivity contribution is 7.10. The van der Waals surface area contributed by atoms with E-state index in [1.807, 2.05) is 17.5 Å². The van der Waals surface area contributed by atoms with Gasteiger partial charge >= 0.3 is 0 Å². The minimum atomic E-state index is 0. The van der Waals surface area contributed by atoms with Gasteiger partial charge < -0.3 is 15.5 Å². The molecule has 6 heteroatoms. The molecule has 1 aliphatic heterocycles. The van der Waals surface area contributed by atoms with Crippen molar-refractivity contribution in [3.8, 4) is 0 Å². The number of amides is 1. The highest BCUT2D eigenvalue weighted by Crippen LogP contribution is 2.08. The molecule has 1 amide bonds. The second-order valence-electron chi connectivity index (χ2n) is 4.55. The molecular weight excluding hydrogens is 282 g/mol. The number of carbonyl (C=O) groups is 1. The predicted molar refractivity (Wildman–Crippen MR) is 82.2 cm³/mol. The fourth-order valence-electron chi connectivity index (χ4n) is 2.10. The smallest absolute Gasteiger partial charge is 0.225 e. The first-order chi connectivity index (χ1) is 8.84. The number of rotatable bonds is 6. The van der Waals surface area contributed by atoms with Crippen LogP contribution in [0.2, 0.25) is 0 Å². The average molecular weight is 304 g/mol. The zero-order valence-electron chi connectivity index (χ0n) is 11.1. The second kappa shape index (κ2) is 9.31. The third-order valence-electron chi connectivity index (χ3n) is 3.10. The molecule has 2 N–H and O–H groups in total. The van der Waals surface area contributed by atoms with Crippen LogP contribution < -0.4 is 10.6 Å². The van der Waals surface area contributed by atoms with Gasteiger partial charge in [-0.15, -0.1) is 23.7 Å². The Balaban J connectivity index is 0.00000180. The third-order valence-corrected chi connectivity index (χ3v) is 3.97. The molecule has 1 aromatic heterocycles. The van der Waals surface area contributed by atoms with Gasteiger partial charge in [0.05, 0.1) is 6.42 Å². The van der Waals surface area contributed by atoms with Gasteiger partial charge in [-0.3, -0.25) is 4.79 Å². The maximum atomic E-state index is 11.6. The molecule has 0 unspecified atom stereocenters. The van der Waals surface area contributed by atoms with E-state index in [0.29, 0.717) is 6.42 Å². The molecule has 1 aromatic rings. The lowest BCUT2D eigenvalue weighted by Crippen LogP contribution is -2.44. The van der Waals surface area contributed by atoms with Gasteiger partial charge in [0, 0.05) is 37.6 Å². The highest BCUT2D eigenvalue weighted by atomic mass is 35.5. The van der Waals surface area contributed by atoms with Gasteiger partial charge in [-0.05, 0) is 24.4 Å². The average Bonchev–Trinajstić information content (AvgIpc) is 2.89. The predicted octanol–water partition coefficient (Wildman–Crippen LogP) is 1.12. The number of halogens is 1. The summed E-state index contributed by atoms with van der Waals surface area (Å²) in [4.78, 5) is 15.2. The van der Waals surface area contributed by atoms with Crippen LogP contribution in [0.25, 0.3) is 0 Å². The Morgan fingerprint density at radius 1 is 1.42 bits per heavy atom. The van der Waals surface area contributed by atoms with Crippen LogP contribution >= 0.6 is 23.7 Å². The van der Waals surface area contributed by atoms with Crippen LogP contribution in [0.4, 0.5) is 0 Å². The van der Waals surface area contributed by atoms with E-state index < -0.39 is 0 Å². The number of hydrogen-bond acceptors (Lipinski definition) is 4. The Morgan fingerprint density at radius 3 is 2.89 bits per heavy atom. The van der Waals surface area contributed by atoms with Crippen molar-refractivity contribution < 1.29 is 4.79 Å². The van der Waals surface area contributed by atoms with E-state index in [9.17, 15) is 4.79 Å². The van der Waals surface area contributed by atoms with Crippen LogP contribution in [-0.4, -0.2) is 50.1 Å². The molecule has 1 aliphatic rings. The van der Waals surface area contributed by atoms with Crippen molar-refractivity contribution in [3.05, 3.63) is 22.4 Å². The van der Waals surface area contributed by atoms with Crippen molar-refractivity contribution in [2.75, 3.05) is 39.3 Å². The zero-order valence-corrected chi connectivity index (χ0v) is 12.7. The number of nitrogens with zero attached hydrogens (tertiary/aromatic N) is 1. The molecule has 108 valence electrons. The van der Waals surface area contributed by atoms with Crippen LogP contribution in [0.15, 0.2) is 17.5 Å². The van der Waals surface area contributed by atoms with Gasteiger partial charge in [0.25, 0.3) is 0 Å². The van der Waals surface area contributed by atoms with Crippen molar-refractivity contribution in [1.29, 1.82) is 0 Å². The fraction of sp³-hybridized carbons (Fsp3) is 0.615. The van der Waals surface area contributed by atoms with Gasteiger partial charge in [0.2, 0.25) is 5.91 Å². The van der Waals surface area contributed by atoms with E-state index in [-0.39, 0.29) is 18.3 Å². The van der Waals surface area contributed by atoms with Gasteiger partial charge in [0.1, 0.15) is 0 Å². The van der Waals surface area contributed by atoms with Crippen LogP contribution in [0.3, 0.4) is 0 Å². The molecule has 2 heterocycles. The fourth-order valence-corrected chi connectivity index (χ4v) is 2.80. The lowest BCUT2D eigenvalue weighted by molar-refractivity contribution is -0.120. The van der Waals surface area contributed by atoms with Gasteiger partial charge in [-0.25, -0.2) is 0 Å². The zero-order chi connectivity index (χ0) is 12.6. The molecule has 0 aromatic carbocycles. The molecule has 0 saturated carbocycles. The lowest BCUT2D eigenvalue weighted by Gasteiger charge is -2.27. The molecular formula is C13H22ClN3OS. The van der Waals surface area contributed by atoms with E-state index in [1.165, 1.54) is 0 Å². The molecule has 0 spiro atoms. The molecule has 0 aliphatic carbocycles. The molecule has 0 bridgehead atoms. The lowest BCUT2D eigenvalue weighted by atomic mass is 10.3. The SMILES string of the molecule is Cl.O=C(Cc1cccs1)NCCCN1CCNCC1. The third kappa shape index (κ3) is 6.38. The van der Waals surface area contributed by atoms with E-state index in [1.54, 1.807) is 11.3 Å². The number of piperazine rings is 1. The maximum absolute atomic E-state index is 11.6. The van der Waals surface area contributed by atoms with Crippen molar-refractivity contribution in [2.24, 2.45) is 0 Å². The van der Waals surface area contributed by atoms with Gasteiger partial charge in [0.15, 0.2) is 0 Å². The quantitative estimate of drug-likeness (QED) is 0.774. The van der Waals surface area contributed by atoms with Gasteiger partial charge in [-0.2, -0.15) is 0 Å². The first kappa shape index (κ1) is 16.4. The summed E-state index contributed by atoms with van der Waals surface area (Å²) < 4.78 is 0. The van der Waals surface area contributed by atoms with Crippen molar-refractivity contribution >= 4 is 29.7 Å². The minimum Gasteiger partial charge on any atom is -0.356 e. The first-order valence-corrected chi connectivity index (χ1v) is 7.45. The Labute approximate surface area is 125 Å². The molecule has 1 fully saturated rings. The number of nitrogens with one attached hydrogen (secondary N) is 2. The monoisotopic (exact) mass is 303 g/mol. The largest absolute Gasteiger partial charge is 0.356 e. The number of hydrogen-bond donors (Lipinski definition) is 2. The Kier molecular flexibility index (Phi) is 8.05. The van der Waals surface area contributed by atoms with E-state index in [4.69, 9.17) is 0 Å². The highest BCUT2D eigenvalue weighted by Gasteiger charge is 2.09.